The lowest BCUT2D eigenvalue weighted by molar-refractivity contribution is -0.171. The van der Waals surface area contributed by atoms with Gasteiger partial charge in [-0.3, -0.25) is 4.79 Å². The monoisotopic (exact) mass is 382 g/mol. The van der Waals surface area contributed by atoms with Crippen LogP contribution in [0.5, 0.6) is 5.75 Å². The Morgan fingerprint density at radius 3 is 2.67 bits per heavy atom. The molecule has 2 heterocycles. The number of alkyl halides is 3. The van der Waals surface area contributed by atoms with Crippen LogP contribution in [0.4, 0.5) is 13.2 Å². The highest BCUT2D eigenvalue weighted by Gasteiger charge is 2.56. The molecule has 0 spiro atoms. The fourth-order valence-corrected chi connectivity index (χ4v) is 4.36. The predicted octanol–water partition coefficient (Wildman–Crippen LogP) is 5.01. The zero-order chi connectivity index (χ0) is 20.0. The first-order chi connectivity index (χ1) is 12.6. The van der Waals surface area contributed by atoms with E-state index in [2.05, 4.69) is 4.98 Å². The molecule has 148 valence electrons. The van der Waals surface area contributed by atoms with Crippen molar-refractivity contribution < 1.29 is 22.7 Å². The zero-order valence-electron chi connectivity index (χ0n) is 16.0. The van der Waals surface area contributed by atoms with Gasteiger partial charge in [0.1, 0.15) is 11.4 Å². The minimum atomic E-state index is -4.31. The van der Waals surface area contributed by atoms with Gasteiger partial charge in [-0.15, -0.1) is 0 Å². The first-order valence-corrected chi connectivity index (χ1v) is 9.18. The molecule has 0 saturated carbocycles. The molecule has 7 heteroatoms. The Morgan fingerprint density at radius 2 is 2.11 bits per heavy atom. The summed E-state index contributed by atoms with van der Waals surface area (Å²) < 4.78 is 45.7. The van der Waals surface area contributed by atoms with Crippen LogP contribution in [0.2, 0.25) is 0 Å². The standard InChI is InChI=1S/C20H25F3N2O2/c1-5-19(12(2)3)10-13(20(21,22)23)11-25(19)18(26)16-9-14-15(24-16)7-6-8-17(14)27-4/h6-9,12-13,24H,5,10-11H2,1-4H3. The van der Waals surface area contributed by atoms with Gasteiger partial charge in [-0.1, -0.05) is 26.8 Å². The molecule has 3 rings (SSSR count). The van der Waals surface area contributed by atoms with Crippen LogP contribution >= 0.6 is 0 Å². The number of halogens is 3. The number of H-pyrrole nitrogens is 1. The summed E-state index contributed by atoms with van der Waals surface area (Å²) >= 11 is 0. The Balaban J connectivity index is 2.03. The second-order valence-electron chi connectivity index (χ2n) is 7.57. The van der Waals surface area contributed by atoms with Crippen LogP contribution in [0.1, 0.15) is 44.1 Å². The maximum Gasteiger partial charge on any atom is 0.393 e. The van der Waals surface area contributed by atoms with Gasteiger partial charge in [-0.05, 0) is 37.0 Å². The number of carbonyl (C=O) groups is 1. The molecule has 2 unspecified atom stereocenters. The molecular weight excluding hydrogens is 357 g/mol. The fourth-order valence-electron chi connectivity index (χ4n) is 4.36. The average molecular weight is 382 g/mol. The summed E-state index contributed by atoms with van der Waals surface area (Å²) in [5.74, 6) is -1.36. The Morgan fingerprint density at radius 1 is 1.41 bits per heavy atom. The maximum atomic E-state index is 13.4. The van der Waals surface area contributed by atoms with Crippen molar-refractivity contribution in [1.29, 1.82) is 0 Å². The van der Waals surface area contributed by atoms with Gasteiger partial charge in [0.2, 0.25) is 0 Å². The number of methoxy groups -OCH3 is 1. The second-order valence-corrected chi connectivity index (χ2v) is 7.57. The molecule has 2 atom stereocenters. The van der Waals surface area contributed by atoms with Gasteiger partial charge >= 0.3 is 6.18 Å². The highest BCUT2D eigenvalue weighted by Crippen LogP contribution is 2.47. The fraction of sp³-hybridized carbons (Fsp3) is 0.550. The highest BCUT2D eigenvalue weighted by atomic mass is 19.4. The van der Waals surface area contributed by atoms with Crippen molar-refractivity contribution in [3.05, 3.63) is 30.0 Å². The number of aromatic nitrogens is 1. The number of fused-ring (bicyclic) bond motifs is 1. The van der Waals surface area contributed by atoms with E-state index in [0.29, 0.717) is 12.2 Å². The van der Waals surface area contributed by atoms with E-state index in [1.807, 2.05) is 26.8 Å². The first-order valence-electron chi connectivity index (χ1n) is 9.18. The van der Waals surface area contributed by atoms with Crippen LogP contribution in [0.3, 0.4) is 0 Å². The Labute approximate surface area is 156 Å². The summed E-state index contributed by atoms with van der Waals surface area (Å²) in [5.41, 5.74) is 0.199. The number of ether oxygens (including phenoxy) is 1. The third kappa shape index (κ3) is 3.17. The number of hydrogen-bond acceptors (Lipinski definition) is 2. The summed E-state index contributed by atoms with van der Waals surface area (Å²) in [6, 6.07) is 7.06. The number of nitrogens with zero attached hydrogens (tertiary/aromatic N) is 1. The molecule has 1 aromatic heterocycles. The number of hydrogen-bond donors (Lipinski definition) is 1. The quantitative estimate of drug-likeness (QED) is 0.808. The van der Waals surface area contributed by atoms with Crippen molar-refractivity contribution in [3.63, 3.8) is 0 Å². The molecule has 1 aromatic carbocycles. The van der Waals surface area contributed by atoms with Crippen LogP contribution in [0, 0.1) is 11.8 Å². The number of benzene rings is 1. The van der Waals surface area contributed by atoms with Crippen molar-refractivity contribution in [2.75, 3.05) is 13.7 Å². The topological polar surface area (TPSA) is 45.3 Å². The normalized spacial score (nSPS) is 23.4. The van der Waals surface area contributed by atoms with Crippen LogP contribution in [0.15, 0.2) is 24.3 Å². The molecule has 1 aliphatic rings. The maximum absolute atomic E-state index is 13.4. The van der Waals surface area contributed by atoms with Gasteiger partial charge in [0, 0.05) is 23.0 Å². The van der Waals surface area contributed by atoms with Crippen LogP contribution in [-0.2, 0) is 0 Å². The first kappa shape index (κ1) is 19.6. The summed E-state index contributed by atoms with van der Waals surface area (Å²) in [4.78, 5) is 17.7. The average Bonchev–Trinajstić information content (AvgIpc) is 3.22. The Bertz CT molecular complexity index is 843. The minimum absolute atomic E-state index is 0.0556. The van der Waals surface area contributed by atoms with Crippen molar-refractivity contribution in [2.45, 2.75) is 45.3 Å². The Kier molecular flexibility index (Phi) is 4.91. The van der Waals surface area contributed by atoms with Crippen LogP contribution in [-0.4, -0.2) is 41.2 Å². The predicted molar refractivity (Wildman–Crippen MR) is 97.9 cm³/mol. The molecule has 27 heavy (non-hydrogen) atoms. The molecule has 1 aliphatic heterocycles. The molecule has 0 aliphatic carbocycles. The number of amides is 1. The van der Waals surface area contributed by atoms with Gasteiger partial charge in [0.05, 0.1) is 13.0 Å². The molecule has 4 nitrogen and oxygen atoms in total. The minimum Gasteiger partial charge on any atom is -0.496 e. The van der Waals surface area contributed by atoms with Crippen molar-refractivity contribution in [2.24, 2.45) is 11.8 Å². The van der Waals surface area contributed by atoms with E-state index in [-0.39, 0.29) is 24.6 Å². The summed E-state index contributed by atoms with van der Waals surface area (Å²) in [6.45, 7) is 5.32. The number of likely N-dealkylation sites (tertiary alicyclic amines) is 1. The van der Waals surface area contributed by atoms with Crippen LogP contribution < -0.4 is 4.74 Å². The molecule has 0 bridgehead atoms. The van der Waals surface area contributed by atoms with Crippen LogP contribution in [0.25, 0.3) is 10.9 Å². The van der Waals surface area contributed by atoms with E-state index in [1.54, 1.807) is 25.3 Å². The lowest BCUT2D eigenvalue weighted by Crippen LogP contribution is -2.50. The van der Waals surface area contributed by atoms with Gasteiger partial charge in [0.25, 0.3) is 5.91 Å². The van der Waals surface area contributed by atoms with E-state index in [0.717, 1.165) is 10.9 Å². The number of carbonyl (C=O) groups excluding carboxylic acids is 1. The smallest absolute Gasteiger partial charge is 0.393 e. The number of aromatic amines is 1. The van der Waals surface area contributed by atoms with E-state index in [4.69, 9.17) is 4.74 Å². The largest absolute Gasteiger partial charge is 0.496 e. The van der Waals surface area contributed by atoms with Crippen molar-refractivity contribution in [1.82, 2.24) is 9.88 Å². The third-order valence-electron chi connectivity index (χ3n) is 6.01. The number of rotatable bonds is 4. The van der Waals surface area contributed by atoms with E-state index >= 15 is 0 Å². The zero-order valence-corrected chi connectivity index (χ0v) is 16.0. The molecule has 2 aromatic rings. The molecule has 1 N–H and O–H groups in total. The summed E-state index contributed by atoms with van der Waals surface area (Å²) in [5, 5.41) is 0.738. The SMILES string of the molecule is CCC1(C(C)C)CC(C(F)(F)F)CN1C(=O)c1cc2c(OC)cccc2[nH]1. The van der Waals surface area contributed by atoms with E-state index < -0.39 is 23.5 Å². The molecule has 1 saturated heterocycles. The van der Waals surface area contributed by atoms with E-state index in [9.17, 15) is 18.0 Å². The third-order valence-corrected chi connectivity index (χ3v) is 6.01. The van der Waals surface area contributed by atoms with Gasteiger partial charge < -0.3 is 14.6 Å². The van der Waals surface area contributed by atoms with Gasteiger partial charge in [-0.25, -0.2) is 0 Å². The summed E-state index contributed by atoms with van der Waals surface area (Å²) in [7, 11) is 1.54. The molecule has 1 fully saturated rings. The van der Waals surface area contributed by atoms with Gasteiger partial charge in [0.15, 0.2) is 0 Å². The van der Waals surface area contributed by atoms with Crippen molar-refractivity contribution >= 4 is 16.8 Å². The van der Waals surface area contributed by atoms with Crippen molar-refractivity contribution in [3.8, 4) is 5.75 Å². The molecule has 0 radical (unpaired) electrons. The highest BCUT2D eigenvalue weighted by molar-refractivity contribution is 6.00. The number of nitrogens with one attached hydrogen (secondary N) is 1. The van der Waals surface area contributed by atoms with Gasteiger partial charge in [-0.2, -0.15) is 13.2 Å². The molecule has 1 amide bonds. The lowest BCUT2D eigenvalue weighted by atomic mass is 9.79. The molecular formula is C20H25F3N2O2. The second kappa shape index (κ2) is 6.77. The van der Waals surface area contributed by atoms with E-state index in [1.165, 1.54) is 4.90 Å². The summed E-state index contributed by atoms with van der Waals surface area (Å²) in [6.07, 6.45) is -3.89. The Hall–Kier alpha value is -2.18. The lowest BCUT2D eigenvalue weighted by Gasteiger charge is -2.41.